The van der Waals surface area contributed by atoms with Crippen molar-refractivity contribution >= 4 is 63.8 Å². The fourth-order valence-electron chi connectivity index (χ4n) is 8.46. The molecule has 0 aliphatic heterocycles. The Labute approximate surface area is 316 Å². The minimum Gasteiger partial charge on any atom is -0.135 e. The van der Waals surface area contributed by atoms with Gasteiger partial charge in [-0.15, -0.1) is 11.3 Å². The lowest BCUT2D eigenvalue weighted by Crippen LogP contribution is -2.10. The van der Waals surface area contributed by atoms with E-state index in [1.54, 1.807) is 0 Å². The molecule has 0 saturated carbocycles. The van der Waals surface area contributed by atoms with E-state index in [-0.39, 0.29) is 5.41 Å². The number of benzene rings is 9. The second kappa shape index (κ2) is 12.3. The van der Waals surface area contributed by atoms with Crippen molar-refractivity contribution in [3.05, 3.63) is 181 Å². The van der Waals surface area contributed by atoms with Gasteiger partial charge in [0.1, 0.15) is 0 Å². The molecule has 9 aromatic carbocycles. The third-order valence-corrected chi connectivity index (χ3v) is 12.1. The number of hydrogen-bond acceptors (Lipinski definition) is 1. The molecule has 0 amide bonds. The summed E-state index contributed by atoms with van der Waals surface area (Å²) >= 11 is 1.92. The van der Waals surface area contributed by atoms with E-state index in [2.05, 4.69) is 172 Å². The fourth-order valence-corrected chi connectivity index (χ4v) is 9.92. The molecule has 1 aromatic heterocycles. The molecule has 0 nitrogen and oxygen atoms in total. The quantitative estimate of drug-likeness (QED) is 0.161. The molecule has 0 aliphatic carbocycles. The van der Waals surface area contributed by atoms with Crippen LogP contribution in [0, 0.1) is 0 Å². The van der Waals surface area contributed by atoms with Crippen LogP contribution in [0.1, 0.15) is 27.7 Å². The number of thiophene rings is 1. The van der Waals surface area contributed by atoms with Gasteiger partial charge in [-0.2, -0.15) is 0 Å². The maximum Gasteiger partial charge on any atom is 0.0623 e. The monoisotopic (exact) mass is 695 g/mol. The van der Waals surface area contributed by atoms with Gasteiger partial charge in [-0.3, -0.25) is 0 Å². The Kier molecular flexibility index (Phi) is 7.10. The molecule has 0 saturated heterocycles. The van der Waals surface area contributed by atoms with Gasteiger partial charge in [0.2, 0.25) is 0 Å². The van der Waals surface area contributed by atoms with Crippen LogP contribution >= 0.6 is 11.3 Å². The zero-order chi connectivity index (χ0) is 36.6. The molecule has 53 heavy (non-hydrogen) atoms. The zero-order valence-electron chi connectivity index (χ0n) is 31.1. The Hall–Kier alpha value is -6.02. The number of fused-ring (bicyclic) bond motifs is 6. The van der Waals surface area contributed by atoms with Crippen molar-refractivity contribution in [2.24, 2.45) is 0 Å². The lowest BCUT2D eigenvalue weighted by atomic mass is 9.83. The van der Waals surface area contributed by atoms with E-state index in [1.807, 2.05) is 29.5 Å². The Morgan fingerprint density at radius 2 is 1.02 bits per heavy atom. The third kappa shape index (κ3) is 5.18. The molecule has 0 atom stereocenters. The van der Waals surface area contributed by atoms with Gasteiger partial charge >= 0.3 is 0 Å². The van der Waals surface area contributed by atoms with E-state index in [0.717, 1.165) is 10.8 Å². The van der Waals surface area contributed by atoms with Gasteiger partial charge < -0.3 is 0 Å². The van der Waals surface area contributed by atoms with E-state index in [4.69, 9.17) is 1.37 Å². The average Bonchev–Trinajstić information content (AvgIpc) is 3.59. The van der Waals surface area contributed by atoms with Gasteiger partial charge in [-0.1, -0.05) is 185 Å². The minimum absolute atomic E-state index is 0.0579. The molecular weight excluding hydrogens is 657 g/mol. The highest BCUT2D eigenvalue weighted by Gasteiger charge is 2.23. The van der Waals surface area contributed by atoms with Crippen LogP contribution in [-0.2, 0) is 5.41 Å². The van der Waals surface area contributed by atoms with Crippen molar-refractivity contribution in [1.29, 1.82) is 0 Å². The Balaban J connectivity index is 1.18. The molecule has 0 N–H and O–H groups in total. The van der Waals surface area contributed by atoms with E-state index >= 15 is 0 Å². The molecule has 10 rings (SSSR count). The summed E-state index contributed by atoms with van der Waals surface area (Å²) in [6.45, 7) is 6.95. The first-order valence-corrected chi connectivity index (χ1v) is 19.2. The van der Waals surface area contributed by atoms with Crippen LogP contribution < -0.4 is 0 Å². The molecule has 252 valence electrons. The highest BCUT2D eigenvalue weighted by atomic mass is 32.1. The van der Waals surface area contributed by atoms with Gasteiger partial charge in [0.15, 0.2) is 0 Å². The van der Waals surface area contributed by atoms with E-state index in [9.17, 15) is 0 Å². The minimum atomic E-state index is 0.0579. The SMILES string of the molecule is [2H]c1ccc2cc(-c3ccc(-c4c5ccccc5c(-c5ccccc5-c5cccc6sc7c(C(C)(C)C)cccc7c56)c5ccccc45)cc3)ccc2c1. The fraction of sp³-hybridized carbons (Fsp3) is 0.0769. The summed E-state index contributed by atoms with van der Waals surface area (Å²) in [6.07, 6.45) is 0. The first-order chi connectivity index (χ1) is 26.3. The highest BCUT2D eigenvalue weighted by Crippen LogP contribution is 2.49. The summed E-state index contributed by atoms with van der Waals surface area (Å²) in [6, 6.07) is 62.6. The predicted molar refractivity (Wildman–Crippen MR) is 232 cm³/mol. The Morgan fingerprint density at radius 1 is 0.434 bits per heavy atom. The van der Waals surface area contributed by atoms with Crippen molar-refractivity contribution in [2.75, 3.05) is 0 Å². The van der Waals surface area contributed by atoms with Crippen LogP contribution in [0.3, 0.4) is 0 Å². The summed E-state index contributed by atoms with van der Waals surface area (Å²) in [5.41, 5.74) is 11.3. The van der Waals surface area contributed by atoms with Crippen LogP contribution in [0.5, 0.6) is 0 Å². The summed E-state index contributed by atoms with van der Waals surface area (Å²) in [7, 11) is 0. The zero-order valence-corrected chi connectivity index (χ0v) is 30.9. The molecule has 0 unspecified atom stereocenters. The topological polar surface area (TPSA) is 0 Å². The Bertz CT molecular complexity index is 3030. The molecule has 0 radical (unpaired) electrons. The first-order valence-electron chi connectivity index (χ1n) is 18.9. The van der Waals surface area contributed by atoms with Crippen molar-refractivity contribution in [3.63, 3.8) is 0 Å². The maximum atomic E-state index is 8.00. The van der Waals surface area contributed by atoms with Crippen LogP contribution in [0.4, 0.5) is 0 Å². The normalized spacial score (nSPS) is 12.3. The molecule has 0 bridgehead atoms. The van der Waals surface area contributed by atoms with Gasteiger partial charge in [-0.05, 0) is 99.9 Å². The summed E-state index contributed by atoms with van der Waals surface area (Å²) < 4.78 is 10.7. The highest BCUT2D eigenvalue weighted by molar-refractivity contribution is 7.26. The second-order valence-corrected chi connectivity index (χ2v) is 16.2. The van der Waals surface area contributed by atoms with Crippen molar-refractivity contribution in [3.8, 4) is 44.5 Å². The van der Waals surface area contributed by atoms with Gasteiger partial charge in [0.05, 0.1) is 1.37 Å². The lowest BCUT2D eigenvalue weighted by molar-refractivity contribution is 0.597. The van der Waals surface area contributed by atoms with E-state index < -0.39 is 0 Å². The molecule has 0 aliphatic rings. The van der Waals surface area contributed by atoms with Crippen LogP contribution in [0.15, 0.2) is 176 Å². The molecule has 10 aromatic rings. The Morgan fingerprint density at radius 3 is 1.74 bits per heavy atom. The van der Waals surface area contributed by atoms with Crippen molar-refractivity contribution in [2.45, 2.75) is 26.2 Å². The smallest absolute Gasteiger partial charge is 0.0623 e. The van der Waals surface area contributed by atoms with E-state index in [0.29, 0.717) is 6.04 Å². The largest absolute Gasteiger partial charge is 0.135 e. The van der Waals surface area contributed by atoms with Crippen molar-refractivity contribution < 1.29 is 1.37 Å². The standard InChI is InChI=1S/C52H38S/c1-52(2,3)46-24-12-23-45-50-40(22-13-25-47(50)53-51(45)46)38-16-6-7-17-39(38)49-43-20-10-8-18-41(43)48(42-19-9-11-21-44(42)49)35-29-26-34(27-30-35)37-31-28-33-14-4-5-15-36(33)32-37/h4-32H,1-3H3/i4D. The summed E-state index contributed by atoms with van der Waals surface area (Å²) in [4.78, 5) is 0. The third-order valence-electron chi connectivity index (χ3n) is 10.9. The summed E-state index contributed by atoms with van der Waals surface area (Å²) in [5.74, 6) is 0. The number of hydrogen-bond donors (Lipinski definition) is 0. The average molecular weight is 696 g/mol. The molecule has 1 heteroatoms. The predicted octanol–water partition coefficient (Wildman–Crippen LogP) is 15.5. The second-order valence-electron chi connectivity index (χ2n) is 15.2. The van der Waals surface area contributed by atoms with Crippen LogP contribution in [0.2, 0.25) is 0 Å². The molecule has 0 fully saturated rings. The molecule has 1 heterocycles. The number of rotatable bonds is 4. The van der Waals surface area contributed by atoms with Gasteiger partial charge in [-0.25, -0.2) is 0 Å². The molecular formula is C52H38S. The maximum absolute atomic E-state index is 8.00. The lowest BCUT2D eigenvalue weighted by Gasteiger charge is -2.20. The van der Waals surface area contributed by atoms with Crippen LogP contribution in [-0.4, -0.2) is 0 Å². The first kappa shape index (κ1) is 30.6. The van der Waals surface area contributed by atoms with Crippen LogP contribution in [0.25, 0.3) is 97.0 Å². The van der Waals surface area contributed by atoms with Gasteiger partial charge in [0, 0.05) is 20.2 Å². The van der Waals surface area contributed by atoms with E-state index in [1.165, 1.54) is 91.8 Å². The van der Waals surface area contributed by atoms with Crippen molar-refractivity contribution in [1.82, 2.24) is 0 Å². The summed E-state index contributed by atoms with van der Waals surface area (Å²) in [5, 5.41) is 9.93. The molecule has 0 spiro atoms. The van der Waals surface area contributed by atoms with Gasteiger partial charge in [0.25, 0.3) is 0 Å².